The predicted molar refractivity (Wildman–Crippen MR) is 134 cm³/mol. The second kappa shape index (κ2) is 9.29. The Morgan fingerprint density at radius 3 is 1.18 bits per heavy atom. The molecule has 6 rings (SSSR count). The van der Waals surface area contributed by atoms with E-state index in [1.165, 1.54) is 0 Å². The molecule has 0 N–H and O–H groups in total. The second-order valence-corrected chi connectivity index (χ2v) is 12.9. The minimum absolute atomic E-state index is 0.316. The van der Waals surface area contributed by atoms with Gasteiger partial charge in [0.25, 0.3) is 0 Å². The van der Waals surface area contributed by atoms with Crippen LogP contribution in [0.4, 0.5) is 11.4 Å². The molecule has 0 aromatic heterocycles. The monoisotopic (exact) mass is 484 g/mol. The van der Waals surface area contributed by atoms with Gasteiger partial charge in [-0.15, -0.1) is 0 Å². The van der Waals surface area contributed by atoms with Crippen molar-refractivity contribution < 1.29 is 23.5 Å². The Morgan fingerprint density at radius 2 is 0.941 bits per heavy atom. The Balaban J connectivity index is 1.19. The Kier molecular flexibility index (Phi) is 6.16. The van der Waals surface area contributed by atoms with E-state index < -0.39 is 7.14 Å². The first-order valence-electron chi connectivity index (χ1n) is 12.4. The highest BCUT2D eigenvalue weighted by Gasteiger charge is 2.33. The summed E-state index contributed by atoms with van der Waals surface area (Å²) in [6, 6.07) is 16.6. The number of nitrogens with zero attached hydrogens (tertiary/aromatic N) is 2. The third-order valence-electron chi connectivity index (χ3n) is 7.01. The first-order chi connectivity index (χ1) is 16.6. The summed E-state index contributed by atoms with van der Waals surface area (Å²) in [5.41, 5.74) is 2.26. The van der Waals surface area contributed by atoms with Gasteiger partial charge >= 0.3 is 0 Å². The van der Waals surface area contributed by atoms with Gasteiger partial charge in [-0.05, 0) is 48.5 Å². The van der Waals surface area contributed by atoms with Crippen LogP contribution in [0.3, 0.4) is 0 Å². The van der Waals surface area contributed by atoms with E-state index in [0.717, 1.165) is 74.6 Å². The molecule has 2 aromatic rings. The molecule has 4 unspecified atom stereocenters. The lowest BCUT2D eigenvalue weighted by Gasteiger charge is -2.25. The predicted octanol–water partition coefficient (Wildman–Crippen LogP) is 2.23. The van der Waals surface area contributed by atoms with Crippen LogP contribution in [0.1, 0.15) is 6.92 Å². The van der Waals surface area contributed by atoms with E-state index in [1.807, 2.05) is 31.2 Å². The lowest BCUT2D eigenvalue weighted by atomic mass is 10.2. The van der Waals surface area contributed by atoms with Crippen LogP contribution in [0.2, 0.25) is 0 Å². The maximum atomic E-state index is 14.2. The highest BCUT2D eigenvalue weighted by molar-refractivity contribution is 7.78. The molecule has 0 radical (unpaired) electrons. The number of anilines is 2. The first kappa shape index (κ1) is 22.6. The SMILES string of the molecule is CCP(=O)(c1ccc(N(CC2CO2)CC2CO2)cc1)c1ccc(N(CC2CO2)CC2CO2)cc1. The summed E-state index contributed by atoms with van der Waals surface area (Å²) in [6.07, 6.45) is 1.86. The van der Waals surface area contributed by atoms with Gasteiger partial charge < -0.3 is 33.3 Å². The Morgan fingerprint density at radius 1 is 0.647 bits per heavy atom. The van der Waals surface area contributed by atoms with Crippen molar-refractivity contribution in [1.29, 1.82) is 0 Å². The van der Waals surface area contributed by atoms with Crippen molar-refractivity contribution in [3.63, 3.8) is 0 Å². The lowest BCUT2D eigenvalue weighted by molar-refractivity contribution is 0.388. The number of hydrogen-bond acceptors (Lipinski definition) is 7. The maximum Gasteiger partial charge on any atom is 0.142 e. The third-order valence-corrected chi connectivity index (χ3v) is 10.2. The molecule has 4 fully saturated rings. The summed E-state index contributed by atoms with van der Waals surface area (Å²) in [5, 5.41) is 1.82. The van der Waals surface area contributed by atoms with Gasteiger partial charge in [0.05, 0.1) is 50.8 Å². The van der Waals surface area contributed by atoms with Crippen LogP contribution in [-0.4, -0.2) is 83.2 Å². The normalized spacial score (nSPS) is 28.1. The summed E-state index contributed by atoms with van der Waals surface area (Å²) < 4.78 is 36.0. The van der Waals surface area contributed by atoms with Crippen molar-refractivity contribution >= 4 is 29.1 Å². The molecule has 34 heavy (non-hydrogen) atoms. The van der Waals surface area contributed by atoms with Crippen molar-refractivity contribution in [3.8, 4) is 0 Å². The summed E-state index contributed by atoms with van der Waals surface area (Å²) in [7, 11) is -2.70. The lowest BCUT2D eigenvalue weighted by Crippen LogP contribution is -2.32. The van der Waals surface area contributed by atoms with Crippen molar-refractivity contribution in [2.24, 2.45) is 0 Å². The first-order valence-corrected chi connectivity index (χ1v) is 14.3. The topological polar surface area (TPSA) is 73.7 Å². The molecule has 0 bridgehead atoms. The molecule has 0 saturated carbocycles. The van der Waals surface area contributed by atoms with E-state index in [1.54, 1.807) is 0 Å². The van der Waals surface area contributed by atoms with Gasteiger partial charge in [-0.25, -0.2) is 0 Å². The van der Waals surface area contributed by atoms with Crippen LogP contribution < -0.4 is 20.4 Å². The van der Waals surface area contributed by atoms with Gasteiger partial charge in [-0.1, -0.05) is 6.92 Å². The highest BCUT2D eigenvalue weighted by atomic mass is 31.2. The molecular formula is C26H33N2O5P. The summed E-state index contributed by atoms with van der Waals surface area (Å²) in [4.78, 5) is 4.65. The van der Waals surface area contributed by atoms with Gasteiger partial charge in [0.1, 0.15) is 7.14 Å². The molecule has 4 aliphatic rings. The maximum absolute atomic E-state index is 14.2. The molecule has 182 valence electrons. The average molecular weight is 485 g/mol. The van der Waals surface area contributed by atoms with E-state index in [2.05, 4.69) is 34.1 Å². The standard InChI is InChI=1S/C26H33N2O5P/c1-2-34(29,25-7-3-19(4-8-25)27(11-21-15-30-21)12-22-16-31-22)26-9-5-20(6-10-26)28(13-23-17-32-23)14-24-18-33-24/h3-10,21-24H,2,11-18H2,1H3. The van der Waals surface area contributed by atoms with Crippen LogP contribution in [-0.2, 0) is 23.5 Å². The molecule has 2 aromatic carbocycles. The quantitative estimate of drug-likeness (QED) is 0.319. The highest BCUT2D eigenvalue weighted by Crippen LogP contribution is 2.43. The molecule has 4 saturated heterocycles. The molecule has 4 atom stereocenters. The van der Waals surface area contributed by atoms with E-state index in [0.29, 0.717) is 30.6 Å². The average Bonchev–Trinajstić information content (AvgIpc) is 3.70. The van der Waals surface area contributed by atoms with Crippen LogP contribution in [0, 0.1) is 0 Å². The van der Waals surface area contributed by atoms with Crippen molar-refractivity contribution in [3.05, 3.63) is 48.5 Å². The van der Waals surface area contributed by atoms with Crippen molar-refractivity contribution in [1.82, 2.24) is 0 Å². The van der Waals surface area contributed by atoms with Gasteiger partial charge in [-0.3, -0.25) is 0 Å². The largest absolute Gasteiger partial charge is 0.371 e. The minimum atomic E-state index is -2.70. The van der Waals surface area contributed by atoms with Crippen LogP contribution in [0.25, 0.3) is 0 Å². The summed E-state index contributed by atoms with van der Waals surface area (Å²) in [6.45, 7) is 8.85. The van der Waals surface area contributed by atoms with Crippen LogP contribution >= 0.6 is 7.14 Å². The zero-order valence-electron chi connectivity index (χ0n) is 19.7. The number of epoxide rings is 4. The van der Waals surface area contributed by atoms with E-state index in [4.69, 9.17) is 18.9 Å². The van der Waals surface area contributed by atoms with Gasteiger partial charge in [-0.2, -0.15) is 0 Å². The number of ether oxygens (including phenoxy) is 4. The molecule has 4 heterocycles. The minimum Gasteiger partial charge on any atom is -0.371 e. The Hall–Kier alpha value is -1.89. The molecule has 4 aliphatic heterocycles. The molecule has 0 amide bonds. The molecule has 0 aliphatic carbocycles. The molecule has 8 heteroatoms. The smallest absolute Gasteiger partial charge is 0.142 e. The molecular weight excluding hydrogens is 451 g/mol. The van der Waals surface area contributed by atoms with Gasteiger partial charge in [0.15, 0.2) is 0 Å². The van der Waals surface area contributed by atoms with Gasteiger partial charge in [0, 0.05) is 54.3 Å². The fraction of sp³-hybridized carbons (Fsp3) is 0.538. The van der Waals surface area contributed by atoms with E-state index in [9.17, 15) is 4.57 Å². The molecule has 7 nitrogen and oxygen atoms in total. The Labute approximate surface area is 201 Å². The number of benzene rings is 2. The van der Waals surface area contributed by atoms with Crippen LogP contribution in [0.5, 0.6) is 0 Å². The zero-order valence-corrected chi connectivity index (χ0v) is 20.6. The summed E-state index contributed by atoms with van der Waals surface area (Å²) >= 11 is 0. The molecule has 0 spiro atoms. The summed E-state index contributed by atoms with van der Waals surface area (Å²) in [5.74, 6) is 0. The third kappa shape index (κ3) is 5.34. The second-order valence-electron chi connectivity index (χ2n) is 9.72. The number of hydrogen-bond donors (Lipinski definition) is 0. The van der Waals surface area contributed by atoms with E-state index in [-0.39, 0.29) is 0 Å². The Bertz CT molecular complexity index is 923. The number of rotatable bonds is 13. The van der Waals surface area contributed by atoms with Crippen molar-refractivity contribution in [2.75, 3.05) is 68.6 Å². The zero-order chi connectivity index (χ0) is 23.1. The van der Waals surface area contributed by atoms with Gasteiger partial charge in [0.2, 0.25) is 0 Å². The van der Waals surface area contributed by atoms with Crippen molar-refractivity contribution in [2.45, 2.75) is 31.3 Å². The fourth-order valence-electron chi connectivity index (χ4n) is 4.57. The van der Waals surface area contributed by atoms with E-state index >= 15 is 0 Å². The van der Waals surface area contributed by atoms with Crippen LogP contribution in [0.15, 0.2) is 48.5 Å². The fourth-order valence-corrected chi connectivity index (χ4v) is 6.86.